The number of hydrogen-bond donors (Lipinski definition) is 0. The third kappa shape index (κ3) is 3.98. The van der Waals surface area contributed by atoms with E-state index in [1.807, 2.05) is 6.92 Å². The summed E-state index contributed by atoms with van der Waals surface area (Å²) in [5, 5.41) is 8.03. The topological polar surface area (TPSA) is 51.4 Å². The summed E-state index contributed by atoms with van der Waals surface area (Å²) in [5.74, 6) is 1.18. The summed E-state index contributed by atoms with van der Waals surface area (Å²) in [6.45, 7) is 8.89. The van der Waals surface area contributed by atoms with Crippen LogP contribution in [0.1, 0.15) is 42.9 Å². The number of ether oxygens (including phenoxy) is 1. The summed E-state index contributed by atoms with van der Waals surface area (Å²) in [7, 11) is 0. The second kappa shape index (κ2) is 7.23. The van der Waals surface area contributed by atoms with Crippen molar-refractivity contribution >= 4 is 0 Å². The van der Waals surface area contributed by atoms with Crippen molar-refractivity contribution < 1.29 is 9.15 Å². The van der Waals surface area contributed by atoms with E-state index < -0.39 is 0 Å². The maximum Gasteiger partial charge on any atom is 0.246 e. The Bertz CT molecular complexity index is 641. The maximum absolute atomic E-state index is 5.97. The Labute approximate surface area is 137 Å². The predicted octanol–water partition coefficient (Wildman–Crippen LogP) is 2.94. The second-order valence-corrected chi connectivity index (χ2v) is 6.23. The van der Waals surface area contributed by atoms with Crippen molar-refractivity contribution in [3.8, 4) is 0 Å². The summed E-state index contributed by atoms with van der Waals surface area (Å²) in [6, 6.07) is 8.70. The molecule has 1 fully saturated rings. The Morgan fingerprint density at radius 1 is 1.17 bits per heavy atom. The summed E-state index contributed by atoms with van der Waals surface area (Å²) < 4.78 is 11.5. The van der Waals surface area contributed by atoms with Crippen LogP contribution in [0.25, 0.3) is 0 Å². The van der Waals surface area contributed by atoms with E-state index in [9.17, 15) is 0 Å². The smallest absolute Gasteiger partial charge is 0.246 e. The van der Waals surface area contributed by atoms with Crippen LogP contribution < -0.4 is 0 Å². The van der Waals surface area contributed by atoms with E-state index in [4.69, 9.17) is 9.15 Å². The van der Waals surface area contributed by atoms with Gasteiger partial charge in [0.15, 0.2) is 0 Å². The van der Waals surface area contributed by atoms with E-state index in [1.165, 1.54) is 11.1 Å². The fourth-order valence-electron chi connectivity index (χ4n) is 3.22. The molecule has 1 aliphatic rings. The maximum atomic E-state index is 5.97. The molecule has 2 atom stereocenters. The monoisotopic (exact) mass is 315 g/mol. The number of benzene rings is 1. The van der Waals surface area contributed by atoms with Crippen LogP contribution in [-0.2, 0) is 17.6 Å². The van der Waals surface area contributed by atoms with Crippen molar-refractivity contribution in [1.82, 2.24) is 15.1 Å². The van der Waals surface area contributed by atoms with Crippen molar-refractivity contribution in [2.75, 3.05) is 19.6 Å². The first kappa shape index (κ1) is 16.1. The van der Waals surface area contributed by atoms with Crippen LogP contribution in [0.3, 0.4) is 0 Å². The van der Waals surface area contributed by atoms with Gasteiger partial charge in [-0.25, -0.2) is 0 Å². The molecule has 2 heterocycles. The lowest BCUT2D eigenvalue weighted by Crippen LogP contribution is -2.43. The Balaban J connectivity index is 1.63. The van der Waals surface area contributed by atoms with E-state index >= 15 is 0 Å². The number of rotatable bonds is 5. The van der Waals surface area contributed by atoms with Gasteiger partial charge in [0.05, 0.1) is 6.10 Å². The Morgan fingerprint density at radius 3 is 2.65 bits per heavy atom. The van der Waals surface area contributed by atoms with Crippen molar-refractivity contribution in [3.05, 3.63) is 47.2 Å². The zero-order chi connectivity index (χ0) is 16.2. The molecule has 0 spiro atoms. The average Bonchev–Trinajstić information content (AvgIpc) is 2.99. The molecule has 0 radical (unpaired) electrons. The lowest BCUT2D eigenvalue weighted by molar-refractivity contribution is -0.0890. The second-order valence-electron chi connectivity index (χ2n) is 6.23. The lowest BCUT2D eigenvalue weighted by Gasteiger charge is -2.35. The molecule has 0 bridgehead atoms. The summed E-state index contributed by atoms with van der Waals surface area (Å²) in [6.07, 6.45) is 2.19. The largest absolute Gasteiger partial charge is 0.423 e. The molecule has 1 aliphatic heterocycles. The molecule has 124 valence electrons. The summed E-state index contributed by atoms with van der Waals surface area (Å²) >= 11 is 0. The van der Waals surface area contributed by atoms with Crippen LogP contribution in [-0.4, -0.2) is 40.8 Å². The lowest BCUT2D eigenvalue weighted by atomic mass is 10.0. The number of hydrogen-bond acceptors (Lipinski definition) is 5. The minimum atomic E-state index is -0.124. The molecule has 0 amide bonds. The molecule has 23 heavy (non-hydrogen) atoms. The Hall–Kier alpha value is -1.72. The molecular weight excluding hydrogens is 290 g/mol. The quantitative estimate of drug-likeness (QED) is 0.849. The molecule has 0 saturated carbocycles. The predicted molar refractivity (Wildman–Crippen MR) is 88.3 cm³/mol. The van der Waals surface area contributed by atoms with Crippen LogP contribution in [0, 0.1) is 6.92 Å². The van der Waals surface area contributed by atoms with E-state index in [1.54, 1.807) is 0 Å². The molecule has 3 rings (SSSR count). The third-order valence-electron chi connectivity index (χ3n) is 4.35. The number of aryl methyl sites for hydroxylation is 2. The highest BCUT2D eigenvalue weighted by atomic mass is 16.5. The summed E-state index contributed by atoms with van der Waals surface area (Å²) in [4.78, 5) is 2.44. The fourth-order valence-corrected chi connectivity index (χ4v) is 3.22. The van der Waals surface area contributed by atoms with Gasteiger partial charge in [-0.15, -0.1) is 10.2 Å². The molecule has 1 aromatic carbocycles. The molecule has 5 heteroatoms. The van der Waals surface area contributed by atoms with Gasteiger partial charge in [-0.05, 0) is 30.9 Å². The van der Waals surface area contributed by atoms with Crippen molar-refractivity contribution in [3.63, 3.8) is 0 Å². The van der Waals surface area contributed by atoms with Gasteiger partial charge in [0, 0.05) is 26.6 Å². The number of morpholine rings is 1. The number of aromatic nitrogens is 2. The van der Waals surface area contributed by atoms with Gasteiger partial charge in [0.2, 0.25) is 11.8 Å². The SMILES string of the molecule is CCc1ccccc1CCN1C[C@@H](C)O[C@@H](c2nnc(C)o2)C1. The van der Waals surface area contributed by atoms with Gasteiger partial charge in [0.1, 0.15) is 6.10 Å². The van der Waals surface area contributed by atoms with E-state index in [0.29, 0.717) is 11.8 Å². The molecule has 5 nitrogen and oxygen atoms in total. The normalized spacial score (nSPS) is 22.4. The first-order chi connectivity index (χ1) is 11.2. The van der Waals surface area contributed by atoms with Gasteiger partial charge in [-0.2, -0.15) is 0 Å². The van der Waals surface area contributed by atoms with Gasteiger partial charge >= 0.3 is 0 Å². The van der Waals surface area contributed by atoms with Crippen LogP contribution >= 0.6 is 0 Å². The standard InChI is InChI=1S/C18H25N3O2/c1-4-15-7-5-6-8-16(15)9-10-21-11-13(2)22-17(12-21)18-20-19-14(3)23-18/h5-8,13,17H,4,9-12H2,1-3H3/t13-,17-/m1/s1. The van der Waals surface area contributed by atoms with Crippen LogP contribution in [0.15, 0.2) is 28.7 Å². The summed E-state index contributed by atoms with van der Waals surface area (Å²) in [5.41, 5.74) is 2.89. The third-order valence-corrected chi connectivity index (χ3v) is 4.35. The Kier molecular flexibility index (Phi) is 5.08. The van der Waals surface area contributed by atoms with Crippen LogP contribution in [0.4, 0.5) is 0 Å². The minimum Gasteiger partial charge on any atom is -0.423 e. The molecule has 1 saturated heterocycles. The highest BCUT2D eigenvalue weighted by molar-refractivity contribution is 5.27. The zero-order valence-electron chi connectivity index (χ0n) is 14.2. The first-order valence-electron chi connectivity index (χ1n) is 8.40. The zero-order valence-corrected chi connectivity index (χ0v) is 14.2. The average molecular weight is 315 g/mol. The van der Waals surface area contributed by atoms with E-state index in [2.05, 4.69) is 53.2 Å². The first-order valence-corrected chi connectivity index (χ1v) is 8.40. The van der Waals surface area contributed by atoms with Gasteiger partial charge in [0.25, 0.3) is 0 Å². The molecule has 0 aliphatic carbocycles. The fraction of sp³-hybridized carbons (Fsp3) is 0.556. The minimum absolute atomic E-state index is 0.124. The molecule has 0 N–H and O–H groups in total. The van der Waals surface area contributed by atoms with Crippen molar-refractivity contribution in [2.24, 2.45) is 0 Å². The number of nitrogens with zero attached hydrogens (tertiary/aromatic N) is 3. The van der Waals surface area contributed by atoms with Crippen molar-refractivity contribution in [1.29, 1.82) is 0 Å². The van der Waals surface area contributed by atoms with Crippen LogP contribution in [0.2, 0.25) is 0 Å². The van der Waals surface area contributed by atoms with Crippen LogP contribution in [0.5, 0.6) is 0 Å². The van der Waals surface area contributed by atoms with Gasteiger partial charge in [-0.1, -0.05) is 31.2 Å². The highest BCUT2D eigenvalue weighted by Crippen LogP contribution is 2.24. The van der Waals surface area contributed by atoms with Gasteiger partial charge < -0.3 is 9.15 Å². The molecule has 2 aromatic rings. The molecular formula is C18H25N3O2. The molecule has 1 aromatic heterocycles. The van der Waals surface area contributed by atoms with Gasteiger partial charge in [-0.3, -0.25) is 4.90 Å². The van der Waals surface area contributed by atoms with Crippen molar-refractivity contribution in [2.45, 2.75) is 45.8 Å². The highest BCUT2D eigenvalue weighted by Gasteiger charge is 2.29. The molecule has 0 unspecified atom stereocenters. The van der Waals surface area contributed by atoms with E-state index in [-0.39, 0.29) is 12.2 Å². The van der Waals surface area contributed by atoms with E-state index in [0.717, 1.165) is 32.5 Å². The Morgan fingerprint density at radius 2 is 1.96 bits per heavy atom.